The van der Waals surface area contributed by atoms with Crippen LogP contribution < -0.4 is 4.87 Å². The number of aromatic carboxylic acids is 1. The summed E-state index contributed by atoms with van der Waals surface area (Å²) >= 11 is 2.48. The molecule has 0 aliphatic carbocycles. The van der Waals surface area contributed by atoms with Crippen molar-refractivity contribution >= 4 is 28.6 Å². The van der Waals surface area contributed by atoms with Gasteiger partial charge in [-0.2, -0.15) is 0 Å². The van der Waals surface area contributed by atoms with E-state index in [4.69, 9.17) is 5.11 Å². The van der Waals surface area contributed by atoms with E-state index in [1.54, 1.807) is 10.6 Å². The van der Waals surface area contributed by atoms with Crippen LogP contribution >= 0.6 is 22.7 Å². The van der Waals surface area contributed by atoms with Crippen molar-refractivity contribution in [2.45, 2.75) is 27.3 Å². The molecular formula is C12H13NO3S2. The number of nitrogens with zero attached hydrogens (tertiary/aromatic N) is 1. The molecule has 0 saturated carbocycles. The molecule has 2 heterocycles. The van der Waals surface area contributed by atoms with E-state index in [1.807, 2.05) is 20.8 Å². The van der Waals surface area contributed by atoms with Gasteiger partial charge in [-0.25, -0.2) is 4.79 Å². The number of carbonyl (C=O) groups is 1. The molecule has 2 aromatic heterocycles. The average molecular weight is 283 g/mol. The largest absolute Gasteiger partial charge is 0.477 e. The molecule has 2 aromatic rings. The van der Waals surface area contributed by atoms with Crippen LogP contribution in [0.3, 0.4) is 0 Å². The zero-order chi connectivity index (χ0) is 13.4. The number of aryl methyl sites for hydroxylation is 2. The van der Waals surface area contributed by atoms with Gasteiger partial charge < -0.3 is 5.11 Å². The highest BCUT2D eigenvalue weighted by Gasteiger charge is 2.14. The van der Waals surface area contributed by atoms with Gasteiger partial charge in [0.2, 0.25) is 0 Å². The summed E-state index contributed by atoms with van der Waals surface area (Å²) in [6.45, 7) is 6.16. The Kier molecular flexibility index (Phi) is 3.41. The second kappa shape index (κ2) is 4.70. The van der Waals surface area contributed by atoms with Crippen molar-refractivity contribution in [3.8, 4) is 0 Å². The van der Waals surface area contributed by atoms with Crippen molar-refractivity contribution in [2.75, 3.05) is 0 Å². The van der Waals surface area contributed by atoms with Gasteiger partial charge in [0.05, 0.1) is 6.54 Å². The third kappa shape index (κ3) is 2.26. The Bertz CT molecular complexity index is 663. The Morgan fingerprint density at radius 3 is 2.39 bits per heavy atom. The summed E-state index contributed by atoms with van der Waals surface area (Å²) in [5.74, 6) is -0.917. The van der Waals surface area contributed by atoms with E-state index in [0.717, 1.165) is 21.0 Å². The number of hydrogen-bond donors (Lipinski definition) is 1. The summed E-state index contributed by atoms with van der Waals surface area (Å²) < 4.78 is 1.70. The summed E-state index contributed by atoms with van der Waals surface area (Å²) in [5, 5.41) is 8.95. The monoisotopic (exact) mass is 283 g/mol. The lowest BCUT2D eigenvalue weighted by molar-refractivity contribution is 0.0702. The average Bonchev–Trinajstić information content (AvgIpc) is 2.76. The van der Waals surface area contributed by atoms with Crippen LogP contribution in [0.25, 0.3) is 0 Å². The number of carboxylic acids is 1. The maximum absolute atomic E-state index is 11.8. The molecule has 18 heavy (non-hydrogen) atoms. The molecule has 1 N–H and O–H groups in total. The molecule has 0 unspecified atom stereocenters. The molecule has 0 spiro atoms. The highest BCUT2D eigenvalue weighted by Crippen LogP contribution is 2.23. The van der Waals surface area contributed by atoms with Gasteiger partial charge in [-0.1, -0.05) is 11.3 Å². The fraction of sp³-hybridized carbons (Fsp3) is 0.333. The first-order valence-corrected chi connectivity index (χ1v) is 7.03. The number of thiophene rings is 1. The molecule has 96 valence electrons. The molecule has 0 aliphatic heterocycles. The topological polar surface area (TPSA) is 59.3 Å². The Hall–Kier alpha value is -1.40. The van der Waals surface area contributed by atoms with Crippen molar-refractivity contribution in [1.82, 2.24) is 4.57 Å². The zero-order valence-corrected chi connectivity index (χ0v) is 11.9. The predicted molar refractivity (Wildman–Crippen MR) is 73.2 cm³/mol. The van der Waals surface area contributed by atoms with Crippen LogP contribution in [-0.2, 0) is 6.54 Å². The summed E-state index contributed by atoms with van der Waals surface area (Å²) in [4.78, 5) is 25.0. The van der Waals surface area contributed by atoms with Crippen molar-refractivity contribution in [1.29, 1.82) is 0 Å². The highest BCUT2D eigenvalue weighted by molar-refractivity contribution is 7.14. The third-order valence-electron chi connectivity index (χ3n) is 2.94. The summed E-state index contributed by atoms with van der Waals surface area (Å²) in [5.41, 5.74) is 1.85. The highest BCUT2D eigenvalue weighted by atomic mass is 32.1. The third-order valence-corrected chi connectivity index (χ3v) is 5.01. The van der Waals surface area contributed by atoms with E-state index in [2.05, 4.69) is 0 Å². The normalized spacial score (nSPS) is 10.8. The Morgan fingerprint density at radius 1 is 1.28 bits per heavy atom. The molecule has 0 atom stereocenters. The predicted octanol–water partition coefficient (Wildman–Crippen LogP) is 2.64. The quantitative estimate of drug-likeness (QED) is 0.942. The van der Waals surface area contributed by atoms with Gasteiger partial charge in [-0.15, -0.1) is 11.3 Å². The van der Waals surface area contributed by atoms with Gasteiger partial charge in [0.1, 0.15) is 4.88 Å². The minimum Gasteiger partial charge on any atom is -0.477 e. The first-order valence-electron chi connectivity index (χ1n) is 5.39. The van der Waals surface area contributed by atoms with Gasteiger partial charge in [0, 0.05) is 15.4 Å². The fourth-order valence-corrected chi connectivity index (χ4v) is 3.43. The molecule has 0 aromatic carbocycles. The van der Waals surface area contributed by atoms with Crippen LogP contribution in [0.5, 0.6) is 0 Å². The van der Waals surface area contributed by atoms with Crippen molar-refractivity contribution in [3.63, 3.8) is 0 Å². The summed E-state index contributed by atoms with van der Waals surface area (Å²) in [6.07, 6.45) is 0. The maximum Gasteiger partial charge on any atom is 0.345 e. The molecule has 0 fully saturated rings. The van der Waals surface area contributed by atoms with Crippen LogP contribution in [0.1, 0.15) is 30.7 Å². The molecule has 4 nitrogen and oxygen atoms in total. The SMILES string of the molecule is Cc1sc(C(=O)O)cc1Cn1c(C)c(C)sc1=O. The minimum atomic E-state index is -0.917. The molecular weight excluding hydrogens is 270 g/mol. The van der Waals surface area contributed by atoms with Gasteiger partial charge in [0.15, 0.2) is 0 Å². The van der Waals surface area contributed by atoms with Gasteiger partial charge in [0.25, 0.3) is 0 Å². The van der Waals surface area contributed by atoms with Crippen LogP contribution in [0, 0.1) is 20.8 Å². The lowest BCUT2D eigenvalue weighted by atomic mass is 10.2. The Morgan fingerprint density at radius 2 is 1.94 bits per heavy atom. The molecule has 0 saturated heterocycles. The van der Waals surface area contributed by atoms with E-state index in [1.165, 1.54) is 22.7 Å². The zero-order valence-electron chi connectivity index (χ0n) is 10.3. The smallest absolute Gasteiger partial charge is 0.345 e. The van der Waals surface area contributed by atoms with E-state index >= 15 is 0 Å². The molecule has 0 bridgehead atoms. The number of hydrogen-bond acceptors (Lipinski definition) is 4. The summed E-state index contributed by atoms with van der Waals surface area (Å²) in [6, 6.07) is 1.65. The number of thiazole rings is 1. The number of carboxylic acid groups (broad SMARTS) is 1. The summed E-state index contributed by atoms with van der Waals surface area (Å²) in [7, 11) is 0. The Labute approximate surface area is 112 Å². The first kappa shape index (κ1) is 13.0. The second-order valence-corrected chi connectivity index (χ2v) is 6.51. The van der Waals surface area contributed by atoms with Gasteiger partial charge in [-0.05, 0) is 32.4 Å². The van der Waals surface area contributed by atoms with E-state index in [-0.39, 0.29) is 4.87 Å². The molecule has 0 amide bonds. The molecule has 2 rings (SSSR count). The minimum absolute atomic E-state index is 0.00692. The van der Waals surface area contributed by atoms with Crippen molar-refractivity contribution in [3.05, 3.63) is 41.6 Å². The molecule has 6 heteroatoms. The van der Waals surface area contributed by atoms with Crippen LogP contribution in [0.15, 0.2) is 10.9 Å². The fourth-order valence-electron chi connectivity index (χ4n) is 1.72. The van der Waals surface area contributed by atoms with Crippen molar-refractivity contribution in [2.24, 2.45) is 0 Å². The van der Waals surface area contributed by atoms with Crippen molar-refractivity contribution < 1.29 is 9.90 Å². The maximum atomic E-state index is 11.8. The van der Waals surface area contributed by atoms with Crippen LogP contribution in [0.2, 0.25) is 0 Å². The van der Waals surface area contributed by atoms with Crippen LogP contribution in [0.4, 0.5) is 0 Å². The lowest BCUT2D eigenvalue weighted by Gasteiger charge is -2.04. The number of rotatable bonds is 3. The van der Waals surface area contributed by atoms with E-state index < -0.39 is 5.97 Å². The second-order valence-electron chi connectivity index (χ2n) is 4.09. The first-order chi connectivity index (χ1) is 8.40. The van der Waals surface area contributed by atoms with E-state index in [0.29, 0.717) is 11.4 Å². The van der Waals surface area contributed by atoms with E-state index in [9.17, 15) is 9.59 Å². The number of aromatic nitrogens is 1. The van der Waals surface area contributed by atoms with Crippen LogP contribution in [-0.4, -0.2) is 15.6 Å². The Balaban J connectivity index is 2.40. The lowest BCUT2D eigenvalue weighted by Crippen LogP contribution is -2.15. The standard InChI is InChI=1S/C12H13NO3S2/c1-6-7(2)18-12(16)13(6)5-9-4-10(11(14)15)17-8(9)3/h4H,5H2,1-3H3,(H,14,15). The van der Waals surface area contributed by atoms with Gasteiger partial charge >= 0.3 is 10.8 Å². The van der Waals surface area contributed by atoms with Gasteiger partial charge in [-0.3, -0.25) is 9.36 Å². The molecule has 0 aliphatic rings. The molecule has 0 radical (unpaired) electrons.